The molecule has 2 fully saturated rings. The van der Waals surface area contributed by atoms with Crippen molar-refractivity contribution in [3.8, 4) is 0 Å². The largest absolute Gasteiger partial charge is 0.396 e. The fourth-order valence-electron chi connectivity index (χ4n) is 3.23. The molecule has 1 saturated heterocycles. The Bertz CT molecular complexity index is 736. The number of aryl methyl sites for hydroxylation is 1. The number of hydrogen-bond donors (Lipinski definition) is 1. The lowest BCUT2D eigenvalue weighted by atomic mass is 9.97. The molecule has 8 heteroatoms. The average molecular weight is 331 g/mol. The molecule has 8 nitrogen and oxygen atoms in total. The third kappa shape index (κ3) is 2.93. The second-order valence-electron chi connectivity index (χ2n) is 6.77. The molecule has 1 N–H and O–H groups in total. The Labute approximate surface area is 139 Å². The zero-order chi connectivity index (χ0) is 16.7. The predicted molar refractivity (Wildman–Crippen MR) is 83.1 cm³/mol. The van der Waals surface area contributed by atoms with Crippen LogP contribution in [0.25, 0.3) is 0 Å². The average Bonchev–Trinajstić information content (AvgIpc) is 2.99. The summed E-state index contributed by atoms with van der Waals surface area (Å²) in [6.45, 7) is 3.09. The highest BCUT2D eigenvalue weighted by Gasteiger charge is 2.40. The van der Waals surface area contributed by atoms with Crippen molar-refractivity contribution in [3.05, 3.63) is 29.7 Å². The second-order valence-corrected chi connectivity index (χ2v) is 6.77. The lowest BCUT2D eigenvalue weighted by Gasteiger charge is -2.15. The minimum atomic E-state index is -0.0988. The van der Waals surface area contributed by atoms with Gasteiger partial charge in [-0.25, -0.2) is 0 Å². The molecule has 1 saturated carbocycles. The van der Waals surface area contributed by atoms with Crippen molar-refractivity contribution in [2.45, 2.75) is 38.1 Å². The number of carbonyl (C=O) groups is 1. The van der Waals surface area contributed by atoms with E-state index in [2.05, 4.69) is 15.2 Å². The van der Waals surface area contributed by atoms with Gasteiger partial charge in [0, 0.05) is 37.7 Å². The fraction of sp³-hybridized carbons (Fsp3) is 0.625. The predicted octanol–water partition coefficient (Wildman–Crippen LogP) is 0.686. The maximum Gasteiger partial charge on any atom is 0.244 e. The molecule has 0 unspecified atom stereocenters. The molecule has 24 heavy (non-hydrogen) atoms. The van der Waals surface area contributed by atoms with Gasteiger partial charge in [-0.05, 0) is 25.8 Å². The van der Waals surface area contributed by atoms with E-state index in [1.807, 2.05) is 13.0 Å². The Morgan fingerprint density at radius 1 is 1.42 bits per heavy atom. The van der Waals surface area contributed by atoms with Gasteiger partial charge in [-0.15, -0.1) is 0 Å². The Morgan fingerprint density at radius 2 is 2.25 bits per heavy atom. The molecule has 0 spiro atoms. The molecule has 4 rings (SSSR count). The van der Waals surface area contributed by atoms with Crippen LogP contribution in [0.5, 0.6) is 0 Å². The standard InChI is InChI=1S/C16H21N5O3/c1-10-4-5-21(18-10)8-14(23)20-6-12(9-22)13(7-20)16-17-15(19-24-16)11-2-3-11/h4-5,11-13,22H,2-3,6-9H2,1H3/t12-,13+/m0/s1. The summed E-state index contributed by atoms with van der Waals surface area (Å²) < 4.78 is 7.04. The van der Waals surface area contributed by atoms with Crippen molar-refractivity contribution in [2.75, 3.05) is 19.7 Å². The maximum absolute atomic E-state index is 12.5. The van der Waals surface area contributed by atoms with Gasteiger partial charge in [-0.1, -0.05) is 5.16 Å². The van der Waals surface area contributed by atoms with Crippen LogP contribution in [0.1, 0.15) is 42.1 Å². The van der Waals surface area contributed by atoms with Crippen molar-refractivity contribution < 1.29 is 14.4 Å². The van der Waals surface area contributed by atoms with Crippen LogP contribution in [0.15, 0.2) is 16.8 Å². The quantitative estimate of drug-likeness (QED) is 0.865. The van der Waals surface area contributed by atoms with Crippen LogP contribution in [0.4, 0.5) is 0 Å². The van der Waals surface area contributed by atoms with E-state index < -0.39 is 0 Å². The van der Waals surface area contributed by atoms with Gasteiger partial charge in [0.15, 0.2) is 5.82 Å². The minimum absolute atomic E-state index is 0.00351. The molecule has 0 radical (unpaired) electrons. The zero-order valence-corrected chi connectivity index (χ0v) is 13.6. The molecule has 0 aromatic carbocycles. The van der Waals surface area contributed by atoms with Crippen LogP contribution in [0.2, 0.25) is 0 Å². The van der Waals surface area contributed by atoms with Crippen molar-refractivity contribution in [1.82, 2.24) is 24.8 Å². The van der Waals surface area contributed by atoms with Gasteiger partial charge in [0.05, 0.1) is 11.6 Å². The topological polar surface area (TPSA) is 97.3 Å². The third-order valence-electron chi connectivity index (χ3n) is 4.82. The summed E-state index contributed by atoms with van der Waals surface area (Å²) in [7, 11) is 0. The fourth-order valence-corrected chi connectivity index (χ4v) is 3.23. The van der Waals surface area contributed by atoms with Crippen molar-refractivity contribution in [2.24, 2.45) is 5.92 Å². The van der Waals surface area contributed by atoms with Crippen LogP contribution < -0.4 is 0 Å². The molecule has 3 heterocycles. The summed E-state index contributed by atoms with van der Waals surface area (Å²) in [6, 6.07) is 1.87. The number of hydrogen-bond acceptors (Lipinski definition) is 6. The number of rotatable bonds is 5. The number of nitrogens with zero attached hydrogens (tertiary/aromatic N) is 5. The van der Waals surface area contributed by atoms with Crippen LogP contribution >= 0.6 is 0 Å². The smallest absolute Gasteiger partial charge is 0.244 e. The minimum Gasteiger partial charge on any atom is -0.396 e. The van der Waals surface area contributed by atoms with Crippen LogP contribution in [-0.2, 0) is 11.3 Å². The van der Waals surface area contributed by atoms with Gasteiger partial charge in [-0.2, -0.15) is 10.1 Å². The van der Waals surface area contributed by atoms with Crippen LogP contribution in [-0.4, -0.2) is 55.5 Å². The first-order valence-corrected chi connectivity index (χ1v) is 8.36. The van der Waals surface area contributed by atoms with E-state index in [0.717, 1.165) is 24.4 Å². The van der Waals surface area contributed by atoms with E-state index >= 15 is 0 Å². The molecular formula is C16H21N5O3. The molecule has 2 aromatic heterocycles. The second kappa shape index (κ2) is 6.01. The summed E-state index contributed by atoms with van der Waals surface area (Å²) in [5.41, 5.74) is 0.883. The Kier molecular flexibility index (Phi) is 3.84. The monoisotopic (exact) mass is 331 g/mol. The van der Waals surface area contributed by atoms with Gasteiger partial charge < -0.3 is 14.5 Å². The molecule has 1 aliphatic carbocycles. The lowest BCUT2D eigenvalue weighted by molar-refractivity contribution is -0.131. The Hall–Kier alpha value is -2.22. The highest BCUT2D eigenvalue weighted by Crippen LogP contribution is 2.39. The SMILES string of the molecule is Cc1ccn(CC(=O)N2C[C@@H](CO)[C@H](c3nc(C4CC4)no3)C2)n1. The Morgan fingerprint density at radius 3 is 2.92 bits per heavy atom. The molecule has 1 aliphatic heterocycles. The number of aliphatic hydroxyl groups excluding tert-OH is 1. The summed E-state index contributed by atoms with van der Waals surface area (Å²) in [4.78, 5) is 18.7. The van der Waals surface area contributed by atoms with Crippen molar-refractivity contribution in [3.63, 3.8) is 0 Å². The number of aliphatic hydroxyl groups is 1. The molecule has 2 aromatic rings. The van der Waals surface area contributed by atoms with Crippen LogP contribution in [0.3, 0.4) is 0 Å². The van der Waals surface area contributed by atoms with Gasteiger partial charge in [0.2, 0.25) is 11.8 Å². The summed E-state index contributed by atoms with van der Waals surface area (Å²) in [6.07, 6.45) is 4.02. The van der Waals surface area contributed by atoms with Gasteiger partial charge in [0.1, 0.15) is 6.54 Å². The van der Waals surface area contributed by atoms with E-state index in [9.17, 15) is 9.90 Å². The van der Waals surface area contributed by atoms with E-state index in [1.165, 1.54) is 0 Å². The number of likely N-dealkylation sites (tertiary alicyclic amines) is 1. The van der Waals surface area contributed by atoms with E-state index in [1.54, 1.807) is 15.8 Å². The highest BCUT2D eigenvalue weighted by atomic mass is 16.5. The van der Waals surface area contributed by atoms with Crippen LogP contribution in [0, 0.1) is 12.8 Å². The molecule has 2 atom stereocenters. The van der Waals surface area contributed by atoms with E-state index in [4.69, 9.17) is 4.52 Å². The number of carbonyl (C=O) groups excluding carboxylic acids is 1. The van der Waals surface area contributed by atoms with Crippen molar-refractivity contribution in [1.29, 1.82) is 0 Å². The molecular weight excluding hydrogens is 310 g/mol. The van der Waals surface area contributed by atoms with Gasteiger partial charge >= 0.3 is 0 Å². The van der Waals surface area contributed by atoms with Crippen molar-refractivity contribution >= 4 is 5.91 Å². The number of amides is 1. The summed E-state index contributed by atoms with van der Waals surface area (Å²) >= 11 is 0. The maximum atomic E-state index is 12.5. The van der Waals surface area contributed by atoms with Gasteiger partial charge in [-0.3, -0.25) is 9.48 Å². The summed E-state index contributed by atoms with van der Waals surface area (Å²) in [5.74, 6) is 1.55. The first kappa shape index (κ1) is 15.3. The normalized spacial score (nSPS) is 23.8. The zero-order valence-electron chi connectivity index (χ0n) is 13.6. The van der Waals surface area contributed by atoms with E-state index in [0.29, 0.717) is 24.9 Å². The Balaban J connectivity index is 1.45. The number of aromatic nitrogens is 4. The summed E-state index contributed by atoms with van der Waals surface area (Å²) in [5, 5.41) is 18.0. The molecule has 128 valence electrons. The molecule has 1 amide bonds. The first-order chi connectivity index (χ1) is 11.6. The highest BCUT2D eigenvalue weighted by molar-refractivity contribution is 5.76. The molecule has 2 aliphatic rings. The third-order valence-corrected chi connectivity index (χ3v) is 4.82. The lowest BCUT2D eigenvalue weighted by Crippen LogP contribution is -2.32. The first-order valence-electron chi connectivity index (χ1n) is 8.36. The van der Waals surface area contributed by atoms with E-state index in [-0.39, 0.29) is 30.9 Å². The van der Waals surface area contributed by atoms with Gasteiger partial charge in [0.25, 0.3) is 0 Å². The molecule has 0 bridgehead atoms.